The summed E-state index contributed by atoms with van der Waals surface area (Å²) in [5.74, 6) is 1.47. The van der Waals surface area contributed by atoms with Gasteiger partial charge in [0, 0.05) is 6.92 Å². The molecular formula is C32H50O4. The lowest BCUT2D eigenvalue weighted by Gasteiger charge is -2.71. The number of hydrogen-bond donors (Lipinski definition) is 1. The average Bonchev–Trinajstić information content (AvgIpc) is 2.79. The van der Waals surface area contributed by atoms with E-state index in [1.807, 2.05) is 6.92 Å². The lowest BCUT2D eigenvalue weighted by molar-refractivity contribution is -0.223. The fraction of sp³-hybridized carbons (Fsp3) is 0.875. The van der Waals surface area contributed by atoms with E-state index in [1.165, 1.54) is 32.6 Å². The van der Waals surface area contributed by atoms with Gasteiger partial charge < -0.3 is 9.84 Å². The molecule has 5 aliphatic rings. The van der Waals surface area contributed by atoms with Crippen molar-refractivity contribution < 1.29 is 19.4 Å². The molecule has 5 aliphatic carbocycles. The van der Waals surface area contributed by atoms with Gasteiger partial charge in [0.2, 0.25) is 0 Å². The fourth-order valence-corrected chi connectivity index (χ4v) is 11.2. The number of ether oxygens (including phenoxy) is 1. The van der Waals surface area contributed by atoms with Gasteiger partial charge in [0.1, 0.15) is 11.5 Å². The first-order chi connectivity index (χ1) is 16.6. The van der Waals surface area contributed by atoms with Crippen LogP contribution in [0.4, 0.5) is 0 Å². The van der Waals surface area contributed by atoms with Crippen molar-refractivity contribution in [3.63, 3.8) is 0 Å². The molecular weight excluding hydrogens is 448 g/mol. The number of carbonyl (C=O) groups is 2. The van der Waals surface area contributed by atoms with Gasteiger partial charge in [0.25, 0.3) is 0 Å². The van der Waals surface area contributed by atoms with Crippen molar-refractivity contribution in [3.8, 4) is 0 Å². The van der Waals surface area contributed by atoms with Gasteiger partial charge in [-0.05, 0) is 116 Å². The van der Waals surface area contributed by atoms with Gasteiger partial charge in [-0.15, -0.1) is 0 Å². The second-order valence-electron chi connectivity index (χ2n) is 15.0. The first-order valence-electron chi connectivity index (χ1n) is 14.8. The Morgan fingerprint density at radius 3 is 2.25 bits per heavy atom. The first-order valence-corrected chi connectivity index (χ1v) is 14.8. The van der Waals surface area contributed by atoms with Crippen LogP contribution in [-0.4, -0.2) is 23.1 Å². The number of carboxylic acid groups (broad SMARTS) is 1. The van der Waals surface area contributed by atoms with Crippen molar-refractivity contribution >= 4 is 11.9 Å². The third-order valence-electron chi connectivity index (χ3n) is 13.8. The molecule has 0 bridgehead atoms. The summed E-state index contributed by atoms with van der Waals surface area (Å²) in [7, 11) is 0. The van der Waals surface area contributed by atoms with Crippen LogP contribution in [0.2, 0.25) is 0 Å². The Bertz CT molecular complexity index is 985. The second-order valence-corrected chi connectivity index (χ2v) is 15.0. The van der Waals surface area contributed by atoms with Crippen LogP contribution in [0.5, 0.6) is 0 Å². The molecule has 5 rings (SSSR count). The molecule has 11 atom stereocenters. The van der Waals surface area contributed by atoms with E-state index in [-0.39, 0.29) is 28.1 Å². The maximum absolute atomic E-state index is 12.9. The van der Waals surface area contributed by atoms with Crippen LogP contribution in [0.15, 0.2) is 11.6 Å². The van der Waals surface area contributed by atoms with Crippen molar-refractivity contribution in [2.24, 2.45) is 56.7 Å². The van der Waals surface area contributed by atoms with Crippen LogP contribution >= 0.6 is 0 Å². The monoisotopic (exact) mass is 498 g/mol. The number of rotatable bonds is 2. The lowest BCUT2D eigenvalue weighted by Crippen LogP contribution is -2.66. The molecule has 4 saturated carbocycles. The Morgan fingerprint density at radius 1 is 0.917 bits per heavy atom. The first kappa shape index (κ1) is 26.3. The molecule has 202 valence electrons. The molecule has 0 aromatic carbocycles. The summed E-state index contributed by atoms with van der Waals surface area (Å²) < 4.78 is 5.69. The number of carbonyl (C=O) groups excluding carboxylic acids is 1. The molecule has 0 radical (unpaired) electrons. The Hall–Kier alpha value is -1.32. The maximum atomic E-state index is 12.9. The van der Waals surface area contributed by atoms with Gasteiger partial charge in [-0.2, -0.15) is 0 Å². The van der Waals surface area contributed by atoms with E-state index < -0.39 is 17.5 Å². The predicted molar refractivity (Wildman–Crippen MR) is 142 cm³/mol. The average molecular weight is 499 g/mol. The second kappa shape index (κ2) is 8.09. The zero-order valence-electron chi connectivity index (χ0n) is 24.1. The summed E-state index contributed by atoms with van der Waals surface area (Å²) in [6, 6.07) is 0. The van der Waals surface area contributed by atoms with E-state index in [4.69, 9.17) is 4.74 Å². The van der Waals surface area contributed by atoms with Gasteiger partial charge in [-0.1, -0.05) is 53.2 Å². The summed E-state index contributed by atoms with van der Waals surface area (Å²) in [5, 5.41) is 10.5. The molecule has 4 fully saturated rings. The minimum absolute atomic E-state index is 0.0136. The van der Waals surface area contributed by atoms with E-state index in [2.05, 4.69) is 47.6 Å². The van der Waals surface area contributed by atoms with Gasteiger partial charge in [-0.3, -0.25) is 9.59 Å². The zero-order valence-corrected chi connectivity index (χ0v) is 24.1. The SMILES string of the molecule is CC(=O)O[C@@H]1CC[C@]2(C)[C@@H](CC[C@@]3(C)[C@@H]2CC=C2[C@@H]4[C@@H](C)[C@H](C)CC[C@@]4(C)CC[C@@]23C)[C@@]1(C)C(=O)O. The third kappa shape index (κ3) is 3.17. The number of fused-ring (bicyclic) bond motifs is 7. The summed E-state index contributed by atoms with van der Waals surface area (Å²) >= 11 is 0. The molecule has 0 aromatic heterocycles. The van der Waals surface area contributed by atoms with Crippen LogP contribution in [-0.2, 0) is 14.3 Å². The van der Waals surface area contributed by atoms with Crippen molar-refractivity contribution in [2.75, 3.05) is 0 Å². The number of carboxylic acids is 1. The van der Waals surface area contributed by atoms with E-state index in [0.29, 0.717) is 23.7 Å². The van der Waals surface area contributed by atoms with Gasteiger partial charge in [0.05, 0.1) is 0 Å². The Labute approximate surface area is 219 Å². The van der Waals surface area contributed by atoms with Crippen LogP contribution < -0.4 is 0 Å². The Balaban J connectivity index is 1.57. The van der Waals surface area contributed by atoms with Crippen LogP contribution in [0.25, 0.3) is 0 Å². The topological polar surface area (TPSA) is 63.6 Å². The maximum Gasteiger partial charge on any atom is 0.313 e. The fourth-order valence-electron chi connectivity index (χ4n) is 11.2. The molecule has 0 aromatic rings. The predicted octanol–water partition coefficient (Wildman–Crippen LogP) is 7.66. The standard InChI is InChI=1S/C32H50O4/c1-19-11-14-28(4)17-18-30(6)22(26(28)20(19)2)9-10-23-29(5)15-13-25(36-21(3)33)32(8,27(34)35)24(29)12-16-31(23,30)7/h9,19-20,23-26H,10-18H2,1-8H3,(H,34,35)/t19-,20+,23-,24-,25-,26+,28+,29+,30+,31+,32-/m1/s1. The van der Waals surface area contributed by atoms with Crippen LogP contribution in [0.1, 0.15) is 113 Å². The summed E-state index contributed by atoms with van der Waals surface area (Å²) in [6.45, 7) is 18.4. The highest BCUT2D eigenvalue weighted by Gasteiger charge is 2.70. The molecule has 0 spiro atoms. The molecule has 0 aliphatic heterocycles. The molecule has 0 heterocycles. The minimum atomic E-state index is -1.04. The summed E-state index contributed by atoms with van der Waals surface area (Å²) in [6.07, 6.45) is 12.0. The van der Waals surface area contributed by atoms with E-state index in [1.54, 1.807) is 5.57 Å². The Kier molecular flexibility index (Phi) is 5.91. The van der Waals surface area contributed by atoms with Crippen molar-refractivity contribution in [3.05, 3.63) is 11.6 Å². The molecule has 4 heteroatoms. The summed E-state index contributed by atoms with van der Waals surface area (Å²) in [4.78, 5) is 24.8. The van der Waals surface area contributed by atoms with Crippen LogP contribution in [0.3, 0.4) is 0 Å². The number of esters is 1. The smallest absolute Gasteiger partial charge is 0.313 e. The van der Waals surface area contributed by atoms with Gasteiger partial charge in [0.15, 0.2) is 0 Å². The van der Waals surface area contributed by atoms with Crippen molar-refractivity contribution in [1.29, 1.82) is 0 Å². The molecule has 4 nitrogen and oxygen atoms in total. The van der Waals surface area contributed by atoms with Crippen molar-refractivity contribution in [2.45, 2.75) is 119 Å². The van der Waals surface area contributed by atoms with Gasteiger partial charge in [-0.25, -0.2) is 0 Å². The Morgan fingerprint density at radius 2 is 1.61 bits per heavy atom. The molecule has 0 saturated heterocycles. The minimum Gasteiger partial charge on any atom is -0.481 e. The largest absolute Gasteiger partial charge is 0.481 e. The third-order valence-corrected chi connectivity index (χ3v) is 13.8. The molecule has 0 amide bonds. The van der Waals surface area contributed by atoms with Crippen molar-refractivity contribution in [1.82, 2.24) is 0 Å². The number of hydrogen-bond acceptors (Lipinski definition) is 3. The number of allylic oxidation sites excluding steroid dienone is 2. The van der Waals surface area contributed by atoms with Crippen LogP contribution in [0, 0.1) is 56.7 Å². The molecule has 36 heavy (non-hydrogen) atoms. The molecule has 1 N–H and O–H groups in total. The highest BCUT2D eigenvalue weighted by atomic mass is 16.5. The highest BCUT2D eigenvalue weighted by Crippen LogP contribution is 2.75. The number of aliphatic carboxylic acids is 1. The molecule has 0 unspecified atom stereocenters. The lowest BCUT2D eigenvalue weighted by atomic mass is 9.33. The van der Waals surface area contributed by atoms with E-state index in [0.717, 1.165) is 37.5 Å². The zero-order chi connectivity index (χ0) is 26.5. The van der Waals surface area contributed by atoms with E-state index >= 15 is 0 Å². The normalized spacial score (nSPS) is 54.2. The quantitative estimate of drug-likeness (QED) is 0.313. The highest BCUT2D eigenvalue weighted by molar-refractivity contribution is 5.77. The van der Waals surface area contributed by atoms with E-state index in [9.17, 15) is 14.7 Å². The summed E-state index contributed by atoms with van der Waals surface area (Å²) in [5.41, 5.74) is 1.40. The van der Waals surface area contributed by atoms with Gasteiger partial charge >= 0.3 is 11.9 Å².